The van der Waals surface area contributed by atoms with Crippen LogP contribution in [-0.2, 0) is 4.74 Å². The molecule has 0 aliphatic carbocycles. The zero-order chi connectivity index (χ0) is 18.9. The minimum absolute atomic E-state index is 0.0762. The van der Waals surface area contributed by atoms with Crippen LogP contribution in [0.15, 0.2) is 22.8 Å². The van der Waals surface area contributed by atoms with E-state index in [1.165, 1.54) is 0 Å². The van der Waals surface area contributed by atoms with Crippen molar-refractivity contribution < 1.29 is 19.0 Å². The SMILES string of the molecule is CN(C(=O)c1ccc2nonc2c1)C1CCN(C(=O)OC(C)(C)C)CC1. The molecule has 3 rings (SSSR count). The lowest BCUT2D eigenvalue weighted by Gasteiger charge is -2.37. The first kappa shape index (κ1) is 18.2. The average molecular weight is 360 g/mol. The van der Waals surface area contributed by atoms with Crippen molar-refractivity contribution in [2.24, 2.45) is 0 Å². The van der Waals surface area contributed by atoms with E-state index in [-0.39, 0.29) is 18.0 Å². The van der Waals surface area contributed by atoms with Crippen molar-refractivity contribution in [2.75, 3.05) is 20.1 Å². The Morgan fingerprint density at radius 1 is 1.19 bits per heavy atom. The Balaban J connectivity index is 1.60. The average Bonchev–Trinajstić information content (AvgIpc) is 3.06. The van der Waals surface area contributed by atoms with Crippen molar-refractivity contribution in [1.29, 1.82) is 0 Å². The lowest BCUT2D eigenvalue weighted by Crippen LogP contribution is -2.48. The number of piperidine rings is 1. The Hall–Kier alpha value is -2.64. The van der Waals surface area contributed by atoms with E-state index in [0.717, 1.165) is 12.8 Å². The first-order chi connectivity index (χ1) is 12.2. The van der Waals surface area contributed by atoms with Crippen molar-refractivity contribution in [1.82, 2.24) is 20.1 Å². The van der Waals surface area contributed by atoms with Gasteiger partial charge in [0.15, 0.2) is 0 Å². The Morgan fingerprint density at radius 2 is 1.85 bits per heavy atom. The number of carbonyl (C=O) groups excluding carboxylic acids is 2. The maximum atomic E-state index is 12.8. The summed E-state index contributed by atoms with van der Waals surface area (Å²) >= 11 is 0. The molecule has 1 aliphatic rings. The largest absolute Gasteiger partial charge is 0.444 e. The summed E-state index contributed by atoms with van der Waals surface area (Å²) in [5.74, 6) is -0.0781. The summed E-state index contributed by atoms with van der Waals surface area (Å²) < 4.78 is 10.1. The predicted octanol–water partition coefficient (Wildman–Crippen LogP) is 2.69. The van der Waals surface area contributed by atoms with Crippen LogP contribution >= 0.6 is 0 Å². The molecule has 1 aromatic carbocycles. The summed E-state index contributed by atoms with van der Waals surface area (Å²) in [6, 6.07) is 5.20. The van der Waals surface area contributed by atoms with Gasteiger partial charge in [-0.05, 0) is 62.1 Å². The van der Waals surface area contributed by atoms with Crippen LogP contribution in [-0.4, -0.2) is 63.9 Å². The van der Waals surface area contributed by atoms with Crippen molar-refractivity contribution in [3.8, 4) is 0 Å². The molecule has 0 radical (unpaired) electrons. The van der Waals surface area contributed by atoms with Crippen LogP contribution in [0.2, 0.25) is 0 Å². The Kier molecular flexibility index (Phi) is 4.84. The number of nitrogens with zero attached hydrogens (tertiary/aromatic N) is 4. The molecule has 2 aromatic rings. The van der Waals surface area contributed by atoms with Gasteiger partial charge in [0.05, 0.1) is 0 Å². The fourth-order valence-corrected chi connectivity index (χ4v) is 3.05. The van der Waals surface area contributed by atoms with Gasteiger partial charge in [0, 0.05) is 31.7 Å². The highest BCUT2D eigenvalue weighted by Crippen LogP contribution is 2.21. The van der Waals surface area contributed by atoms with Crippen LogP contribution in [0.3, 0.4) is 0 Å². The molecule has 0 N–H and O–H groups in total. The molecule has 8 heteroatoms. The molecule has 2 amide bonds. The third kappa shape index (κ3) is 3.95. The van der Waals surface area contributed by atoms with Gasteiger partial charge in [0.2, 0.25) is 0 Å². The van der Waals surface area contributed by atoms with E-state index in [1.807, 2.05) is 20.8 Å². The quantitative estimate of drug-likeness (QED) is 0.818. The number of amides is 2. The molecule has 1 aromatic heterocycles. The zero-order valence-corrected chi connectivity index (χ0v) is 15.6. The van der Waals surface area contributed by atoms with E-state index in [9.17, 15) is 9.59 Å². The Morgan fingerprint density at radius 3 is 2.50 bits per heavy atom. The van der Waals surface area contributed by atoms with Crippen LogP contribution in [0.5, 0.6) is 0 Å². The highest BCUT2D eigenvalue weighted by molar-refractivity contribution is 5.97. The molecule has 0 spiro atoms. The smallest absolute Gasteiger partial charge is 0.410 e. The van der Waals surface area contributed by atoms with Gasteiger partial charge < -0.3 is 14.5 Å². The summed E-state index contributed by atoms with van der Waals surface area (Å²) in [7, 11) is 1.79. The summed E-state index contributed by atoms with van der Waals surface area (Å²) in [6.07, 6.45) is 1.14. The highest BCUT2D eigenvalue weighted by Gasteiger charge is 2.30. The topological polar surface area (TPSA) is 88.8 Å². The van der Waals surface area contributed by atoms with Gasteiger partial charge in [-0.15, -0.1) is 0 Å². The van der Waals surface area contributed by atoms with E-state index in [0.29, 0.717) is 29.7 Å². The first-order valence-corrected chi connectivity index (χ1v) is 8.72. The molecule has 1 aliphatic heterocycles. The summed E-state index contributed by atoms with van der Waals surface area (Å²) in [6.45, 7) is 6.70. The number of likely N-dealkylation sites (tertiary alicyclic amines) is 1. The monoisotopic (exact) mass is 360 g/mol. The standard InChI is InChI=1S/C18H24N4O4/c1-18(2,3)25-17(24)22-9-7-13(8-10-22)21(4)16(23)12-5-6-14-15(11-12)20-26-19-14/h5-6,11,13H,7-10H2,1-4H3. The minimum atomic E-state index is -0.505. The van der Waals surface area contributed by atoms with Gasteiger partial charge in [0.25, 0.3) is 5.91 Å². The van der Waals surface area contributed by atoms with Gasteiger partial charge in [-0.1, -0.05) is 0 Å². The molecule has 140 valence electrons. The lowest BCUT2D eigenvalue weighted by molar-refractivity contribution is 0.0160. The van der Waals surface area contributed by atoms with Gasteiger partial charge in [-0.2, -0.15) is 0 Å². The zero-order valence-electron chi connectivity index (χ0n) is 15.6. The van der Waals surface area contributed by atoms with Gasteiger partial charge in [-0.3, -0.25) is 4.79 Å². The number of rotatable bonds is 2. The molecule has 1 fully saturated rings. The van der Waals surface area contributed by atoms with Crippen molar-refractivity contribution >= 4 is 23.0 Å². The summed E-state index contributed by atoms with van der Waals surface area (Å²) in [5, 5.41) is 7.52. The molecule has 0 atom stereocenters. The predicted molar refractivity (Wildman–Crippen MR) is 94.7 cm³/mol. The number of aromatic nitrogens is 2. The number of benzene rings is 1. The minimum Gasteiger partial charge on any atom is -0.444 e. The normalized spacial score (nSPS) is 15.9. The van der Waals surface area contributed by atoms with E-state index < -0.39 is 5.60 Å². The molecular formula is C18H24N4O4. The van der Waals surface area contributed by atoms with Crippen LogP contribution in [0.25, 0.3) is 11.0 Å². The number of ether oxygens (including phenoxy) is 1. The number of hydrogen-bond acceptors (Lipinski definition) is 6. The van der Waals surface area contributed by atoms with Gasteiger partial charge in [-0.25, -0.2) is 9.42 Å². The van der Waals surface area contributed by atoms with Crippen LogP contribution in [0, 0.1) is 0 Å². The molecule has 0 unspecified atom stereocenters. The maximum Gasteiger partial charge on any atom is 0.410 e. The second-order valence-electron chi connectivity index (χ2n) is 7.58. The summed E-state index contributed by atoms with van der Waals surface area (Å²) in [4.78, 5) is 28.3. The second-order valence-corrected chi connectivity index (χ2v) is 7.58. The van der Waals surface area contributed by atoms with Crippen LogP contribution < -0.4 is 0 Å². The molecular weight excluding hydrogens is 336 g/mol. The van der Waals surface area contributed by atoms with Crippen LogP contribution in [0.1, 0.15) is 44.0 Å². The van der Waals surface area contributed by atoms with Crippen molar-refractivity contribution in [3.05, 3.63) is 23.8 Å². The molecule has 26 heavy (non-hydrogen) atoms. The van der Waals surface area contributed by atoms with Crippen molar-refractivity contribution in [2.45, 2.75) is 45.3 Å². The van der Waals surface area contributed by atoms with E-state index in [4.69, 9.17) is 4.74 Å². The van der Waals surface area contributed by atoms with E-state index in [1.54, 1.807) is 35.0 Å². The molecule has 1 saturated heterocycles. The lowest BCUT2D eigenvalue weighted by atomic mass is 10.0. The van der Waals surface area contributed by atoms with E-state index >= 15 is 0 Å². The fourth-order valence-electron chi connectivity index (χ4n) is 3.05. The summed E-state index contributed by atoms with van der Waals surface area (Å²) in [5.41, 5.74) is 1.22. The third-order valence-corrected chi connectivity index (χ3v) is 4.48. The second kappa shape index (κ2) is 6.93. The highest BCUT2D eigenvalue weighted by atomic mass is 16.6. The van der Waals surface area contributed by atoms with Gasteiger partial charge >= 0.3 is 6.09 Å². The number of carbonyl (C=O) groups is 2. The van der Waals surface area contributed by atoms with Crippen molar-refractivity contribution in [3.63, 3.8) is 0 Å². The van der Waals surface area contributed by atoms with E-state index in [2.05, 4.69) is 14.9 Å². The Bertz CT molecular complexity index is 803. The van der Waals surface area contributed by atoms with Crippen LogP contribution in [0.4, 0.5) is 4.79 Å². The van der Waals surface area contributed by atoms with Gasteiger partial charge in [0.1, 0.15) is 16.6 Å². The number of hydrogen-bond donors (Lipinski definition) is 0. The third-order valence-electron chi connectivity index (χ3n) is 4.48. The fraction of sp³-hybridized carbons (Fsp3) is 0.556. The Labute approximate surface area is 152 Å². The molecule has 0 saturated carbocycles. The molecule has 2 heterocycles. The first-order valence-electron chi connectivity index (χ1n) is 8.72. The molecule has 8 nitrogen and oxygen atoms in total. The maximum absolute atomic E-state index is 12.8. The molecule has 0 bridgehead atoms. The number of fused-ring (bicyclic) bond motifs is 1.